The van der Waals surface area contributed by atoms with Crippen LogP contribution in [0.5, 0.6) is 0 Å². The molecule has 0 aromatic heterocycles. The van der Waals surface area contributed by atoms with Crippen molar-refractivity contribution in [2.24, 2.45) is 0 Å². The SMILES string of the molecule is CCCCCCCC[SiH](F)F.Fc1ccccc1. The van der Waals surface area contributed by atoms with E-state index in [0.717, 1.165) is 19.3 Å². The van der Waals surface area contributed by atoms with Crippen molar-refractivity contribution < 1.29 is 12.6 Å². The molecule has 0 saturated carbocycles. The summed E-state index contributed by atoms with van der Waals surface area (Å²) < 4.78 is 35.4. The number of halogens is 3. The van der Waals surface area contributed by atoms with E-state index in [0.29, 0.717) is 0 Å². The molecule has 104 valence electrons. The summed E-state index contributed by atoms with van der Waals surface area (Å²) in [4.78, 5) is 0. The van der Waals surface area contributed by atoms with E-state index in [9.17, 15) is 12.6 Å². The van der Waals surface area contributed by atoms with E-state index >= 15 is 0 Å². The van der Waals surface area contributed by atoms with Gasteiger partial charge in [-0.3, -0.25) is 8.22 Å². The lowest BCUT2D eigenvalue weighted by atomic mass is 10.1. The number of hydrogen-bond acceptors (Lipinski definition) is 0. The molecule has 0 aliphatic heterocycles. The molecule has 1 rings (SSSR count). The summed E-state index contributed by atoms with van der Waals surface area (Å²) in [5.74, 6) is -0.178. The smallest absolute Gasteiger partial charge is 0.275 e. The van der Waals surface area contributed by atoms with Crippen LogP contribution in [0.15, 0.2) is 30.3 Å². The number of unbranched alkanes of at least 4 members (excludes halogenated alkanes) is 5. The van der Waals surface area contributed by atoms with Crippen LogP contribution in [0, 0.1) is 5.82 Å². The molecular weight excluding hydrogens is 253 g/mol. The van der Waals surface area contributed by atoms with Crippen LogP contribution in [0.1, 0.15) is 45.4 Å². The molecule has 0 aliphatic carbocycles. The summed E-state index contributed by atoms with van der Waals surface area (Å²) in [5.41, 5.74) is 0. The van der Waals surface area contributed by atoms with Gasteiger partial charge in [-0.1, -0.05) is 63.6 Å². The number of hydrogen-bond donors (Lipinski definition) is 0. The number of rotatable bonds is 7. The first-order valence-electron chi connectivity index (χ1n) is 6.65. The van der Waals surface area contributed by atoms with Crippen molar-refractivity contribution in [1.29, 1.82) is 0 Å². The van der Waals surface area contributed by atoms with E-state index in [-0.39, 0.29) is 11.9 Å². The quantitative estimate of drug-likeness (QED) is 0.358. The molecule has 0 unspecified atom stereocenters. The Hall–Kier alpha value is -0.773. The Morgan fingerprint density at radius 1 is 0.889 bits per heavy atom. The zero-order chi connectivity index (χ0) is 13.6. The van der Waals surface area contributed by atoms with Gasteiger partial charge in [-0.2, -0.15) is 0 Å². The van der Waals surface area contributed by atoms with E-state index in [1.54, 1.807) is 18.2 Å². The summed E-state index contributed by atoms with van der Waals surface area (Å²) in [6, 6.07) is 8.17. The van der Waals surface area contributed by atoms with Gasteiger partial charge >= 0.3 is 9.46 Å². The summed E-state index contributed by atoms with van der Waals surface area (Å²) in [6.07, 6.45) is 6.62. The van der Waals surface area contributed by atoms with Crippen LogP contribution in [0.25, 0.3) is 0 Å². The minimum Gasteiger partial charge on any atom is -0.275 e. The lowest BCUT2D eigenvalue weighted by molar-refractivity contribution is 0.596. The van der Waals surface area contributed by atoms with Gasteiger partial charge in [-0.05, 0) is 18.2 Å². The first-order valence-corrected chi connectivity index (χ1v) is 8.34. The maximum absolute atomic E-state index is 11.9. The largest absolute Gasteiger partial charge is 0.411 e. The minimum absolute atomic E-state index is 0.178. The Morgan fingerprint density at radius 2 is 1.44 bits per heavy atom. The molecule has 1 aromatic carbocycles. The predicted octanol–water partition coefficient (Wildman–Crippen LogP) is 5.33. The van der Waals surface area contributed by atoms with Gasteiger partial charge in [0.25, 0.3) is 0 Å². The fourth-order valence-electron chi connectivity index (χ4n) is 1.49. The van der Waals surface area contributed by atoms with Gasteiger partial charge in [-0.25, -0.2) is 4.39 Å². The lowest BCUT2D eigenvalue weighted by Gasteiger charge is -1.98. The van der Waals surface area contributed by atoms with Gasteiger partial charge in [0.15, 0.2) is 0 Å². The van der Waals surface area contributed by atoms with E-state index < -0.39 is 9.46 Å². The standard InChI is InChI=1S/C8H18F2Si.C6H5F/c1-2-3-4-5-6-7-8-11(9)10;7-6-4-2-1-3-5-6/h11H,2-8H2,1H3;1-5H. The second-order valence-corrected chi connectivity index (χ2v) is 5.60. The van der Waals surface area contributed by atoms with Crippen molar-refractivity contribution in [2.45, 2.75) is 51.5 Å². The fourth-order valence-corrected chi connectivity index (χ4v) is 2.09. The molecule has 0 N–H and O–H groups in total. The normalized spacial score (nSPS) is 10.1. The topological polar surface area (TPSA) is 0 Å². The van der Waals surface area contributed by atoms with Crippen molar-refractivity contribution in [2.75, 3.05) is 0 Å². The van der Waals surface area contributed by atoms with E-state index in [4.69, 9.17) is 0 Å². The predicted molar refractivity (Wildman–Crippen MR) is 73.9 cm³/mol. The monoisotopic (exact) mass is 276 g/mol. The number of benzene rings is 1. The second kappa shape index (κ2) is 12.7. The van der Waals surface area contributed by atoms with E-state index in [1.807, 2.05) is 0 Å². The Kier molecular flexibility index (Phi) is 12.1. The van der Waals surface area contributed by atoms with Gasteiger partial charge < -0.3 is 0 Å². The van der Waals surface area contributed by atoms with E-state index in [2.05, 4.69) is 6.92 Å². The highest BCUT2D eigenvalue weighted by Crippen LogP contribution is 2.09. The Balaban J connectivity index is 0.000000351. The van der Waals surface area contributed by atoms with Crippen molar-refractivity contribution in [3.05, 3.63) is 36.1 Å². The van der Waals surface area contributed by atoms with Gasteiger partial charge in [0.1, 0.15) is 5.82 Å². The molecule has 0 aliphatic rings. The Bertz CT molecular complexity index is 265. The molecule has 1 aromatic rings. The molecule has 0 nitrogen and oxygen atoms in total. The maximum atomic E-state index is 11.9. The summed E-state index contributed by atoms with van der Waals surface area (Å²) in [6.45, 7) is 2.16. The average Bonchev–Trinajstić information content (AvgIpc) is 2.35. The van der Waals surface area contributed by atoms with E-state index in [1.165, 1.54) is 31.4 Å². The van der Waals surface area contributed by atoms with Gasteiger partial charge in [0, 0.05) is 0 Å². The van der Waals surface area contributed by atoms with Gasteiger partial charge in [0.05, 0.1) is 0 Å². The summed E-state index contributed by atoms with van der Waals surface area (Å²) >= 11 is 0. The summed E-state index contributed by atoms with van der Waals surface area (Å²) in [7, 11) is -3.23. The molecule has 0 atom stereocenters. The van der Waals surface area contributed by atoms with Crippen molar-refractivity contribution in [3.63, 3.8) is 0 Å². The van der Waals surface area contributed by atoms with Crippen LogP contribution in [-0.2, 0) is 0 Å². The molecule has 0 bridgehead atoms. The molecule has 0 radical (unpaired) electrons. The van der Waals surface area contributed by atoms with Crippen LogP contribution >= 0.6 is 0 Å². The first-order chi connectivity index (χ1) is 8.66. The third kappa shape index (κ3) is 13.3. The van der Waals surface area contributed by atoms with Crippen LogP contribution in [0.2, 0.25) is 6.04 Å². The molecule has 0 heterocycles. The first kappa shape index (κ1) is 17.2. The maximum Gasteiger partial charge on any atom is 0.411 e. The molecule has 0 spiro atoms. The zero-order valence-electron chi connectivity index (χ0n) is 11.0. The molecule has 0 amide bonds. The lowest BCUT2D eigenvalue weighted by Crippen LogP contribution is -1.94. The molecule has 0 fully saturated rings. The third-order valence-corrected chi connectivity index (χ3v) is 3.35. The third-order valence-electron chi connectivity index (χ3n) is 2.51. The Labute approximate surface area is 110 Å². The van der Waals surface area contributed by atoms with Crippen molar-refractivity contribution >= 4 is 9.46 Å². The highest BCUT2D eigenvalue weighted by Gasteiger charge is 2.04. The minimum atomic E-state index is -3.23. The van der Waals surface area contributed by atoms with Crippen LogP contribution in [0.3, 0.4) is 0 Å². The van der Waals surface area contributed by atoms with Crippen LogP contribution in [0.4, 0.5) is 12.6 Å². The van der Waals surface area contributed by atoms with Crippen LogP contribution < -0.4 is 0 Å². The van der Waals surface area contributed by atoms with Crippen molar-refractivity contribution in [1.82, 2.24) is 0 Å². The molecule has 18 heavy (non-hydrogen) atoms. The van der Waals surface area contributed by atoms with Crippen LogP contribution in [-0.4, -0.2) is 9.46 Å². The molecule has 0 saturated heterocycles. The van der Waals surface area contributed by atoms with Gasteiger partial charge in [0.2, 0.25) is 0 Å². The fraction of sp³-hybridized carbons (Fsp3) is 0.571. The molecular formula is C14H23F3Si. The summed E-state index contributed by atoms with van der Waals surface area (Å²) in [5, 5.41) is 0. The molecule has 4 heteroatoms. The van der Waals surface area contributed by atoms with Gasteiger partial charge in [-0.15, -0.1) is 0 Å². The zero-order valence-corrected chi connectivity index (χ0v) is 12.2. The average molecular weight is 276 g/mol. The van der Waals surface area contributed by atoms with Crippen molar-refractivity contribution in [3.8, 4) is 0 Å². The highest BCUT2D eigenvalue weighted by molar-refractivity contribution is 6.42. The Morgan fingerprint density at radius 3 is 1.89 bits per heavy atom. The second-order valence-electron chi connectivity index (χ2n) is 4.24. The highest BCUT2D eigenvalue weighted by atomic mass is 28.4.